The Morgan fingerprint density at radius 2 is 1.65 bits per heavy atom. The van der Waals surface area contributed by atoms with Crippen LogP contribution in [0.15, 0.2) is 29.4 Å². The highest BCUT2D eigenvalue weighted by Crippen LogP contribution is 2.16. The Hall–Kier alpha value is -1.31. The molecule has 2 heteroatoms. The van der Waals surface area contributed by atoms with Gasteiger partial charge in [0.2, 0.25) is 0 Å². The molecule has 1 aromatic rings. The van der Waals surface area contributed by atoms with E-state index in [4.69, 9.17) is 0 Å². The first-order valence-electron chi connectivity index (χ1n) is 8.27. The molecule has 1 aromatic carbocycles. The van der Waals surface area contributed by atoms with E-state index in [0.29, 0.717) is 0 Å². The van der Waals surface area contributed by atoms with Crippen molar-refractivity contribution in [2.75, 3.05) is 6.54 Å². The number of hydrogen-bond acceptors (Lipinski definition) is 2. The van der Waals surface area contributed by atoms with E-state index < -0.39 is 0 Å². The first-order valence-corrected chi connectivity index (χ1v) is 8.27. The first-order chi connectivity index (χ1) is 9.90. The lowest BCUT2D eigenvalue weighted by Gasteiger charge is -2.23. The normalized spacial score (nSPS) is 13.6. The van der Waals surface area contributed by atoms with Crippen molar-refractivity contribution in [1.29, 1.82) is 0 Å². The average Bonchev–Trinajstić information content (AvgIpc) is 2.50. The van der Waals surface area contributed by atoms with Crippen molar-refractivity contribution in [1.82, 2.24) is 5.01 Å². The summed E-state index contributed by atoms with van der Waals surface area (Å²) in [5.41, 5.74) is 2.68. The summed E-state index contributed by atoms with van der Waals surface area (Å²) in [6.07, 6.45) is 13.0. The molecule has 0 bridgehead atoms. The molecule has 0 radical (unpaired) electrons. The van der Waals surface area contributed by atoms with E-state index in [9.17, 15) is 0 Å². The van der Waals surface area contributed by atoms with Crippen LogP contribution in [0.25, 0.3) is 0 Å². The Labute approximate surface area is 123 Å². The van der Waals surface area contributed by atoms with Crippen LogP contribution in [0.3, 0.4) is 0 Å². The predicted molar refractivity (Wildman–Crippen MR) is 87.1 cm³/mol. The van der Waals surface area contributed by atoms with Crippen molar-refractivity contribution in [3.8, 4) is 0 Å². The molecule has 0 unspecified atom stereocenters. The van der Waals surface area contributed by atoms with Gasteiger partial charge in [-0.25, -0.2) is 0 Å². The van der Waals surface area contributed by atoms with E-state index in [0.717, 1.165) is 13.1 Å². The largest absolute Gasteiger partial charge is 0.293 e. The fourth-order valence-electron chi connectivity index (χ4n) is 2.75. The van der Waals surface area contributed by atoms with Crippen molar-refractivity contribution in [3.63, 3.8) is 0 Å². The van der Waals surface area contributed by atoms with E-state index in [1.807, 2.05) is 6.21 Å². The van der Waals surface area contributed by atoms with Gasteiger partial charge in [-0.2, -0.15) is 5.10 Å². The van der Waals surface area contributed by atoms with E-state index in [1.165, 1.54) is 62.5 Å². The van der Waals surface area contributed by atoms with Gasteiger partial charge in [-0.05, 0) is 17.5 Å². The molecule has 2 nitrogen and oxygen atoms in total. The lowest BCUT2D eigenvalue weighted by molar-refractivity contribution is 0.269. The number of rotatable bonds is 9. The summed E-state index contributed by atoms with van der Waals surface area (Å²) in [6, 6.07) is 8.55. The van der Waals surface area contributed by atoms with Crippen LogP contribution in [0.2, 0.25) is 0 Å². The lowest BCUT2D eigenvalue weighted by Crippen LogP contribution is -2.22. The molecule has 0 atom stereocenters. The van der Waals surface area contributed by atoms with Crippen molar-refractivity contribution in [3.05, 3.63) is 35.4 Å². The van der Waals surface area contributed by atoms with Crippen LogP contribution >= 0.6 is 0 Å². The van der Waals surface area contributed by atoms with Gasteiger partial charge in [0.05, 0.1) is 12.8 Å². The minimum Gasteiger partial charge on any atom is -0.293 e. The van der Waals surface area contributed by atoms with E-state index in [2.05, 4.69) is 41.3 Å². The van der Waals surface area contributed by atoms with Crippen LogP contribution < -0.4 is 0 Å². The summed E-state index contributed by atoms with van der Waals surface area (Å²) < 4.78 is 0. The summed E-state index contributed by atoms with van der Waals surface area (Å²) in [4.78, 5) is 0. The summed E-state index contributed by atoms with van der Waals surface area (Å²) in [6.45, 7) is 4.35. The Morgan fingerprint density at radius 3 is 2.45 bits per heavy atom. The summed E-state index contributed by atoms with van der Waals surface area (Å²) >= 11 is 0. The van der Waals surface area contributed by atoms with E-state index in [1.54, 1.807) is 0 Å². The van der Waals surface area contributed by atoms with Crippen molar-refractivity contribution in [2.45, 2.75) is 64.8 Å². The average molecular weight is 272 g/mol. The van der Waals surface area contributed by atoms with Crippen LogP contribution in [0.5, 0.6) is 0 Å². The molecule has 0 saturated carbocycles. The predicted octanol–water partition coefficient (Wildman–Crippen LogP) is 4.98. The van der Waals surface area contributed by atoms with Gasteiger partial charge in [-0.1, -0.05) is 76.1 Å². The third-order valence-electron chi connectivity index (χ3n) is 4.04. The number of unbranched alkanes of at least 4 members (excludes halogenated alkanes) is 7. The molecule has 1 aliphatic heterocycles. The van der Waals surface area contributed by atoms with Crippen LogP contribution in [0.1, 0.15) is 69.4 Å². The second kappa shape index (κ2) is 8.78. The van der Waals surface area contributed by atoms with Crippen LogP contribution in [-0.4, -0.2) is 17.8 Å². The fraction of sp³-hybridized carbons (Fsp3) is 0.611. The molecule has 2 rings (SSSR count). The SMILES string of the molecule is CCCCCCCCCCN1Cc2ccccc2C=N1. The van der Waals surface area contributed by atoms with Crippen LogP contribution in [-0.2, 0) is 6.54 Å². The van der Waals surface area contributed by atoms with Crippen molar-refractivity contribution < 1.29 is 0 Å². The summed E-state index contributed by atoms with van der Waals surface area (Å²) in [7, 11) is 0. The van der Waals surface area contributed by atoms with Crippen LogP contribution in [0, 0.1) is 0 Å². The summed E-state index contributed by atoms with van der Waals surface area (Å²) in [5.74, 6) is 0. The smallest absolute Gasteiger partial charge is 0.0617 e. The molecule has 20 heavy (non-hydrogen) atoms. The summed E-state index contributed by atoms with van der Waals surface area (Å²) in [5, 5.41) is 6.75. The van der Waals surface area contributed by atoms with E-state index >= 15 is 0 Å². The number of benzene rings is 1. The van der Waals surface area contributed by atoms with Gasteiger partial charge in [0, 0.05) is 6.54 Å². The zero-order chi connectivity index (χ0) is 14.0. The highest BCUT2D eigenvalue weighted by Gasteiger charge is 2.10. The molecule has 0 saturated heterocycles. The molecular weight excluding hydrogens is 244 g/mol. The monoisotopic (exact) mass is 272 g/mol. The lowest BCUT2D eigenvalue weighted by atomic mass is 10.1. The molecule has 0 fully saturated rings. The zero-order valence-electron chi connectivity index (χ0n) is 12.9. The highest BCUT2D eigenvalue weighted by atomic mass is 15.4. The maximum absolute atomic E-state index is 4.54. The second-order valence-corrected chi connectivity index (χ2v) is 5.81. The first kappa shape index (κ1) is 15.1. The van der Waals surface area contributed by atoms with Gasteiger partial charge in [0.1, 0.15) is 0 Å². The molecule has 110 valence electrons. The molecule has 0 aromatic heterocycles. The molecule has 0 N–H and O–H groups in total. The van der Waals surface area contributed by atoms with E-state index in [-0.39, 0.29) is 0 Å². The number of hydrazone groups is 1. The molecule has 0 spiro atoms. The quantitative estimate of drug-likeness (QED) is 0.579. The topological polar surface area (TPSA) is 15.6 Å². The third-order valence-corrected chi connectivity index (χ3v) is 4.04. The standard InChI is InChI=1S/C18H28N2/c1-2-3-4-5-6-7-8-11-14-20-16-18-13-10-9-12-17(18)15-19-20/h9-10,12-13,15H,2-8,11,14,16H2,1H3. The molecule has 0 aliphatic carbocycles. The number of fused-ring (bicyclic) bond motifs is 1. The third kappa shape index (κ3) is 4.99. The zero-order valence-corrected chi connectivity index (χ0v) is 12.9. The maximum atomic E-state index is 4.54. The number of nitrogens with zero attached hydrogens (tertiary/aromatic N) is 2. The number of hydrogen-bond donors (Lipinski definition) is 0. The van der Waals surface area contributed by atoms with Gasteiger partial charge in [0.25, 0.3) is 0 Å². The van der Waals surface area contributed by atoms with Gasteiger partial charge in [-0.15, -0.1) is 0 Å². The molecule has 1 heterocycles. The van der Waals surface area contributed by atoms with Gasteiger partial charge in [-0.3, -0.25) is 5.01 Å². The maximum Gasteiger partial charge on any atom is 0.0617 e. The molecule has 1 aliphatic rings. The Kier molecular flexibility index (Phi) is 6.62. The highest BCUT2D eigenvalue weighted by molar-refractivity contribution is 5.82. The van der Waals surface area contributed by atoms with Gasteiger partial charge in [0.15, 0.2) is 0 Å². The van der Waals surface area contributed by atoms with Crippen molar-refractivity contribution >= 4 is 6.21 Å². The molecule has 0 amide bonds. The Bertz CT molecular complexity index is 412. The minimum absolute atomic E-state index is 0.975. The van der Waals surface area contributed by atoms with Gasteiger partial charge >= 0.3 is 0 Å². The minimum atomic E-state index is 0.975. The van der Waals surface area contributed by atoms with Crippen molar-refractivity contribution in [2.24, 2.45) is 5.10 Å². The second-order valence-electron chi connectivity index (χ2n) is 5.81. The van der Waals surface area contributed by atoms with Crippen LogP contribution in [0.4, 0.5) is 0 Å². The Morgan fingerprint density at radius 1 is 0.950 bits per heavy atom. The van der Waals surface area contributed by atoms with Gasteiger partial charge < -0.3 is 0 Å². The fourth-order valence-corrected chi connectivity index (χ4v) is 2.75. The molecular formula is C18H28N2. The Balaban J connectivity index is 1.56.